The van der Waals surface area contributed by atoms with Crippen LogP contribution >= 0.6 is 0 Å². The van der Waals surface area contributed by atoms with Crippen molar-refractivity contribution in [2.45, 2.75) is 38.8 Å². The van der Waals surface area contributed by atoms with Gasteiger partial charge in [0.05, 0.1) is 0 Å². The van der Waals surface area contributed by atoms with Crippen LogP contribution in [-0.2, 0) is 0 Å². The molecule has 0 spiro atoms. The number of anilines is 1. The molecule has 3 N–H and O–H groups in total. The smallest absolute Gasteiger partial charge is 0.119 e. The van der Waals surface area contributed by atoms with Crippen LogP contribution < -0.4 is 10.5 Å². The van der Waals surface area contributed by atoms with Gasteiger partial charge in [0.15, 0.2) is 0 Å². The van der Waals surface area contributed by atoms with E-state index in [1.807, 2.05) is 12.1 Å². The van der Waals surface area contributed by atoms with Gasteiger partial charge in [-0.3, -0.25) is 4.90 Å². The Morgan fingerprint density at radius 2 is 2.05 bits per heavy atom. The van der Waals surface area contributed by atoms with Crippen LogP contribution in [0.15, 0.2) is 24.3 Å². The monoisotopic (exact) mass is 278 g/mol. The van der Waals surface area contributed by atoms with E-state index in [9.17, 15) is 5.11 Å². The van der Waals surface area contributed by atoms with Gasteiger partial charge in [0, 0.05) is 18.3 Å². The van der Waals surface area contributed by atoms with Crippen LogP contribution in [0.3, 0.4) is 0 Å². The highest BCUT2D eigenvalue weighted by molar-refractivity contribution is 5.41. The fourth-order valence-corrected chi connectivity index (χ4v) is 2.91. The number of nitrogen functional groups attached to an aromatic ring is 1. The Morgan fingerprint density at radius 1 is 1.35 bits per heavy atom. The van der Waals surface area contributed by atoms with E-state index < -0.39 is 6.10 Å². The van der Waals surface area contributed by atoms with E-state index in [0.717, 1.165) is 18.0 Å². The van der Waals surface area contributed by atoms with Gasteiger partial charge in [-0.2, -0.15) is 0 Å². The minimum Gasteiger partial charge on any atom is -0.491 e. The van der Waals surface area contributed by atoms with Crippen molar-refractivity contribution in [1.82, 2.24) is 4.90 Å². The molecule has 0 bridgehead atoms. The SMILES string of the molecule is CC(C)C1CCCN1CC(O)COc1ccc(N)cc1. The Morgan fingerprint density at radius 3 is 2.70 bits per heavy atom. The number of likely N-dealkylation sites (tertiary alicyclic amines) is 1. The molecule has 4 heteroatoms. The zero-order valence-corrected chi connectivity index (χ0v) is 12.5. The maximum absolute atomic E-state index is 10.1. The topological polar surface area (TPSA) is 58.7 Å². The Balaban J connectivity index is 1.77. The van der Waals surface area contributed by atoms with Crippen molar-refractivity contribution in [3.63, 3.8) is 0 Å². The van der Waals surface area contributed by atoms with E-state index >= 15 is 0 Å². The Labute approximate surface area is 121 Å². The van der Waals surface area contributed by atoms with Crippen molar-refractivity contribution >= 4 is 5.69 Å². The zero-order chi connectivity index (χ0) is 14.5. The van der Waals surface area contributed by atoms with E-state index in [1.165, 1.54) is 12.8 Å². The summed E-state index contributed by atoms with van der Waals surface area (Å²) in [5, 5.41) is 10.1. The van der Waals surface area contributed by atoms with Crippen LogP contribution in [0.1, 0.15) is 26.7 Å². The Bertz CT molecular complexity index is 405. The van der Waals surface area contributed by atoms with Gasteiger partial charge in [0.1, 0.15) is 18.5 Å². The molecule has 1 fully saturated rings. The number of nitrogens with zero attached hydrogens (tertiary/aromatic N) is 1. The number of rotatable bonds is 6. The van der Waals surface area contributed by atoms with Crippen molar-refractivity contribution in [3.05, 3.63) is 24.3 Å². The summed E-state index contributed by atoms with van der Waals surface area (Å²) in [6.45, 7) is 6.60. The highest BCUT2D eigenvalue weighted by atomic mass is 16.5. The van der Waals surface area contributed by atoms with Gasteiger partial charge < -0.3 is 15.6 Å². The van der Waals surface area contributed by atoms with Gasteiger partial charge in [-0.15, -0.1) is 0 Å². The maximum atomic E-state index is 10.1. The highest BCUT2D eigenvalue weighted by Gasteiger charge is 2.28. The normalized spacial score (nSPS) is 21.3. The van der Waals surface area contributed by atoms with Gasteiger partial charge in [-0.1, -0.05) is 13.8 Å². The van der Waals surface area contributed by atoms with Crippen LogP contribution in [0.5, 0.6) is 5.75 Å². The molecule has 0 saturated carbocycles. The molecule has 2 rings (SSSR count). The number of hydrogen-bond donors (Lipinski definition) is 2. The first-order valence-corrected chi connectivity index (χ1v) is 7.46. The molecule has 112 valence electrons. The third kappa shape index (κ3) is 4.12. The largest absolute Gasteiger partial charge is 0.491 e. The van der Waals surface area contributed by atoms with Crippen LogP contribution in [0.2, 0.25) is 0 Å². The first-order valence-electron chi connectivity index (χ1n) is 7.46. The van der Waals surface area contributed by atoms with E-state index in [1.54, 1.807) is 12.1 Å². The first-order chi connectivity index (χ1) is 9.56. The molecule has 0 aromatic heterocycles. The van der Waals surface area contributed by atoms with Crippen LogP contribution in [0.4, 0.5) is 5.69 Å². The van der Waals surface area contributed by atoms with Crippen molar-refractivity contribution in [1.29, 1.82) is 0 Å². The molecular formula is C16H26N2O2. The Hall–Kier alpha value is -1.26. The second kappa shape index (κ2) is 6.95. The molecule has 0 aliphatic carbocycles. The maximum Gasteiger partial charge on any atom is 0.119 e. The van der Waals surface area contributed by atoms with Crippen LogP contribution in [0, 0.1) is 5.92 Å². The lowest BCUT2D eigenvalue weighted by Gasteiger charge is -2.29. The summed E-state index contributed by atoms with van der Waals surface area (Å²) in [6, 6.07) is 7.86. The number of β-amino-alcohol motifs (C(OH)–C–C–N with tert-alkyl or cyclic N) is 1. The highest BCUT2D eigenvalue weighted by Crippen LogP contribution is 2.23. The molecule has 1 aromatic rings. The molecule has 1 aliphatic rings. The van der Waals surface area contributed by atoms with Crippen LogP contribution in [0.25, 0.3) is 0 Å². The standard InChI is InChI=1S/C16H26N2O2/c1-12(2)16-4-3-9-18(16)10-14(19)11-20-15-7-5-13(17)6-8-15/h5-8,12,14,16,19H,3-4,9-11,17H2,1-2H3. The fourth-order valence-electron chi connectivity index (χ4n) is 2.91. The van der Waals surface area contributed by atoms with Gasteiger partial charge >= 0.3 is 0 Å². The number of hydrogen-bond acceptors (Lipinski definition) is 4. The lowest BCUT2D eigenvalue weighted by atomic mass is 10.0. The molecule has 20 heavy (non-hydrogen) atoms. The van der Waals surface area contributed by atoms with Crippen molar-refractivity contribution < 1.29 is 9.84 Å². The number of aliphatic hydroxyl groups is 1. The third-order valence-electron chi connectivity index (χ3n) is 3.95. The second-order valence-corrected chi connectivity index (χ2v) is 5.98. The van der Waals surface area contributed by atoms with E-state index in [2.05, 4.69) is 18.7 Å². The number of ether oxygens (including phenoxy) is 1. The molecule has 1 saturated heterocycles. The Kier molecular flexibility index (Phi) is 5.26. The molecule has 1 aliphatic heterocycles. The summed E-state index contributed by atoms with van der Waals surface area (Å²) in [7, 11) is 0. The fraction of sp³-hybridized carbons (Fsp3) is 0.625. The summed E-state index contributed by atoms with van der Waals surface area (Å²) in [4.78, 5) is 2.39. The molecule has 0 amide bonds. The lowest BCUT2D eigenvalue weighted by Crippen LogP contribution is -2.40. The lowest BCUT2D eigenvalue weighted by molar-refractivity contribution is 0.0571. The molecular weight excluding hydrogens is 252 g/mol. The minimum atomic E-state index is -0.452. The average Bonchev–Trinajstić information content (AvgIpc) is 2.86. The third-order valence-corrected chi connectivity index (χ3v) is 3.95. The quantitative estimate of drug-likeness (QED) is 0.783. The number of aliphatic hydroxyl groups excluding tert-OH is 1. The van der Waals surface area contributed by atoms with Crippen molar-refractivity contribution in [2.24, 2.45) is 5.92 Å². The predicted molar refractivity (Wildman–Crippen MR) is 81.8 cm³/mol. The summed E-state index contributed by atoms with van der Waals surface area (Å²) in [6.07, 6.45) is 2.02. The minimum absolute atomic E-state index is 0.325. The summed E-state index contributed by atoms with van der Waals surface area (Å²) in [5.41, 5.74) is 6.34. The molecule has 1 aromatic carbocycles. The molecule has 2 unspecified atom stereocenters. The van der Waals surface area contributed by atoms with Crippen molar-refractivity contribution in [2.75, 3.05) is 25.4 Å². The van der Waals surface area contributed by atoms with Gasteiger partial charge in [0.25, 0.3) is 0 Å². The van der Waals surface area contributed by atoms with E-state index in [0.29, 0.717) is 25.1 Å². The van der Waals surface area contributed by atoms with Gasteiger partial charge in [0.2, 0.25) is 0 Å². The first kappa shape index (κ1) is 15.1. The molecule has 2 atom stereocenters. The van der Waals surface area contributed by atoms with E-state index in [-0.39, 0.29) is 0 Å². The van der Waals surface area contributed by atoms with Crippen molar-refractivity contribution in [3.8, 4) is 5.75 Å². The predicted octanol–water partition coefficient (Wildman–Crippen LogP) is 2.13. The molecule has 1 heterocycles. The average molecular weight is 278 g/mol. The number of nitrogens with two attached hydrogens (primary N) is 1. The second-order valence-electron chi connectivity index (χ2n) is 5.98. The van der Waals surface area contributed by atoms with E-state index in [4.69, 9.17) is 10.5 Å². The summed E-state index contributed by atoms with van der Waals surface area (Å²) >= 11 is 0. The molecule has 0 radical (unpaired) electrons. The molecule has 4 nitrogen and oxygen atoms in total. The van der Waals surface area contributed by atoms with Gasteiger partial charge in [-0.05, 0) is 49.6 Å². The summed E-state index contributed by atoms with van der Waals surface area (Å²) in [5.74, 6) is 1.39. The zero-order valence-electron chi connectivity index (χ0n) is 12.5. The summed E-state index contributed by atoms with van der Waals surface area (Å²) < 4.78 is 5.60. The van der Waals surface area contributed by atoms with Gasteiger partial charge in [-0.25, -0.2) is 0 Å². The van der Waals surface area contributed by atoms with Crippen LogP contribution in [-0.4, -0.2) is 41.8 Å². The number of benzene rings is 1.